The normalized spacial score (nSPS) is 37.1. The van der Waals surface area contributed by atoms with Crippen molar-refractivity contribution in [3.8, 4) is 0 Å². The monoisotopic (exact) mass is 199 g/mol. The maximum atomic E-state index is 11.6. The molecule has 2 atom stereocenters. The summed E-state index contributed by atoms with van der Waals surface area (Å²) in [6.45, 7) is 1.89. The molecule has 1 N–H and O–H groups in total. The van der Waals surface area contributed by atoms with Crippen LogP contribution in [-0.2, 0) is 14.3 Å². The van der Waals surface area contributed by atoms with Crippen LogP contribution in [0, 0.1) is 0 Å². The number of carbonyl (C=O) groups is 2. The lowest BCUT2D eigenvalue weighted by Gasteiger charge is -2.38. The molecule has 0 saturated carbocycles. The number of amides is 1. The number of ether oxygens (including phenoxy) is 1. The third-order valence-corrected chi connectivity index (χ3v) is 2.96. The van der Waals surface area contributed by atoms with E-state index < -0.39 is 17.7 Å². The number of piperidine rings is 1. The van der Waals surface area contributed by atoms with Crippen LogP contribution in [0.3, 0.4) is 0 Å². The molecule has 2 unspecified atom stereocenters. The van der Waals surface area contributed by atoms with Gasteiger partial charge in [-0.1, -0.05) is 0 Å². The number of fused-ring (bicyclic) bond motifs is 1. The number of carboxylic acids is 1. The molecule has 0 bridgehead atoms. The van der Waals surface area contributed by atoms with E-state index in [1.54, 1.807) is 6.92 Å². The van der Waals surface area contributed by atoms with Crippen molar-refractivity contribution in [2.75, 3.05) is 6.61 Å². The topological polar surface area (TPSA) is 66.8 Å². The lowest BCUT2D eigenvalue weighted by Crippen LogP contribution is -2.54. The fraction of sp³-hybridized carbons (Fsp3) is 0.778. The number of rotatable bonds is 1. The largest absolute Gasteiger partial charge is 0.480 e. The van der Waals surface area contributed by atoms with Crippen molar-refractivity contribution in [3.63, 3.8) is 0 Å². The zero-order valence-electron chi connectivity index (χ0n) is 8.02. The molecule has 0 spiro atoms. The van der Waals surface area contributed by atoms with E-state index in [2.05, 4.69) is 0 Å². The second-order valence-corrected chi connectivity index (χ2v) is 3.96. The van der Waals surface area contributed by atoms with Crippen LogP contribution < -0.4 is 0 Å². The summed E-state index contributed by atoms with van der Waals surface area (Å²) in [7, 11) is 0. The van der Waals surface area contributed by atoms with Gasteiger partial charge >= 0.3 is 5.97 Å². The van der Waals surface area contributed by atoms with Gasteiger partial charge in [0.15, 0.2) is 6.04 Å². The first-order valence-corrected chi connectivity index (χ1v) is 4.73. The Bertz CT molecular complexity index is 291. The molecule has 5 nitrogen and oxygen atoms in total. The number of aliphatic carboxylic acids is 1. The van der Waals surface area contributed by atoms with Crippen LogP contribution in [0.4, 0.5) is 0 Å². The van der Waals surface area contributed by atoms with E-state index >= 15 is 0 Å². The van der Waals surface area contributed by atoms with Crippen molar-refractivity contribution in [2.45, 2.75) is 38.0 Å². The van der Waals surface area contributed by atoms with Crippen molar-refractivity contribution < 1.29 is 19.4 Å². The lowest BCUT2D eigenvalue weighted by molar-refractivity contribution is -0.162. The zero-order valence-corrected chi connectivity index (χ0v) is 8.02. The van der Waals surface area contributed by atoms with E-state index in [0.717, 1.165) is 12.8 Å². The summed E-state index contributed by atoms with van der Waals surface area (Å²) < 4.78 is 5.41. The Balaban J connectivity index is 2.29. The summed E-state index contributed by atoms with van der Waals surface area (Å²) in [6.07, 6.45) is 1.93. The van der Waals surface area contributed by atoms with Gasteiger partial charge in [0, 0.05) is 6.42 Å². The van der Waals surface area contributed by atoms with Crippen molar-refractivity contribution in [3.05, 3.63) is 0 Å². The zero-order chi connectivity index (χ0) is 10.3. The van der Waals surface area contributed by atoms with Crippen LogP contribution in [0.1, 0.15) is 26.2 Å². The van der Waals surface area contributed by atoms with Gasteiger partial charge in [-0.15, -0.1) is 0 Å². The second kappa shape index (κ2) is 2.95. The molecule has 0 aromatic heterocycles. The Labute approximate surface area is 81.6 Å². The molecule has 2 aliphatic heterocycles. The minimum atomic E-state index is -0.982. The van der Waals surface area contributed by atoms with E-state index in [1.165, 1.54) is 4.90 Å². The first kappa shape index (κ1) is 9.45. The molecule has 2 fully saturated rings. The highest BCUT2D eigenvalue weighted by atomic mass is 16.5. The van der Waals surface area contributed by atoms with Crippen LogP contribution >= 0.6 is 0 Å². The maximum absolute atomic E-state index is 11.6. The molecule has 5 heteroatoms. The van der Waals surface area contributed by atoms with Crippen LogP contribution in [0.5, 0.6) is 0 Å². The van der Waals surface area contributed by atoms with Crippen LogP contribution in [0.25, 0.3) is 0 Å². The summed E-state index contributed by atoms with van der Waals surface area (Å²) >= 11 is 0. The van der Waals surface area contributed by atoms with Gasteiger partial charge in [-0.05, 0) is 19.8 Å². The smallest absolute Gasteiger partial charge is 0.328 e. The molecule has 0 radical (unpaired) electrons. The minimum Gasteiger partial charge on any atom is -0.480 e. The molecular formula is C9H13NO4. The first-order chi connectivity index (χ1) is 6.54. The fourth-order valence-electron chi connectivity index (χ4n) is 2.23. The highest BCUT2D eigenvalue weighted by Crippen LogP contribution is 2.36. The molecule has 78 valence electrons. The highest BCUT2D eigenvalue weighted by molar-refractivity contribution is 5.85. The van der Waals surface area contributed by atoms with Crippen LogP contribution in [0.15, 0.2) is 0 Å². The molecular weight excluding hydrogens is 186 g/mol. The van der Waals surface area contributed by atoms with Gasteiger partial charge in [-0.25, -0.2) is 4.79 Å². The van der Waals surface area contributed by atoms with Gasteiger partial charge in [0.05, 0.1) is 6.61 Å². The van der Waals surface area contributed by atoms with Gasteiger partial charge in [-0.3, -0.25) is 9.69 Å². The SMILES string of the molecule is CC12CCCC(=O)N1C(C(=O)O)CO2. The fourth-order valence-corrected chi connectivity index (χ4v) is 2.23. The summed E-state index contributed by atoms with van der Waals surface area (Å²) in [5, 5.41) is 8.91. The molecule has 0 aromatic carbocycles. The lowest BCUT2D eigenvalue weighted by atomic mass is 9.99. The van der Waals surface area contributed by atoms with Gasteiger partial charge in [0.25, 0.3) is 0 Å². The Kier molecular flexibility index (Phi) is 1.99. The summed E-state index contributed by atoms with van der Waals surface area (Å²) in [5.74, 6) is -1.09. The summed E-state index contributed by atoms with van der Waals surface area (Å²) in [4.78, 5) is 23.8. The molecule has 2 heterocycles. The standard InChI is InChI=1S/C9H13NO4/c1-9-4-2-3-7(11)10(9)6(5-14-9)8(12)13/h6H,2-5H2,1H3,(H,12,13). The molecule has 0 aromatic rings. The van der Waals surface area contributed by atoms with E-state index in [-0.39, 0.29) is 12.5 Å². The Hall–Kier alpha value is -1.10. The van der Waals surface area contributed by atoms with Gasteiger partial charge in [0.2, 0.25) is 5.91 Å². The van der Waals surface area contributed by atoms with Crippen LogP contribution in [-0.4, -0.2) is 40.3 Å². The van der Waals surface area contributed by atoms with Crippen LogP contribution in [0.2, 0.25) is 0 Å². The molecule has 0 aliphatic carbocycles. The van der Waals surface area contributed by atoms with E-state index in [1.807, 2.05) is 0 Å². The average Bonchev–Trinajstić information content (AvgIpc) is 2.43. The first-order valence-electron chi connectivity index (χ1n) is 4.73. The summed E-state index contributed by atoms with van der Waals surface area (Å²) in [6, 6.07) is -0.798. The van der Waals surface area contributed by atoms with Gasteiger partial charge in [0.1, 0.15) is 5.72 Å². The Morgan fingerprint density at radius 1 is 1.71 bits per heavy atom. The van der Waals surface area contributed by atoms with Gasteiger partial charge in [-0.2, -0.15) is 0 Å². The highest BCUT2D eigenvalue weighted by Gasteiger charge is 2.51. The van der Waals surface area contributed by atoms with E-state index in [0.29, 0.717) is 6.42 Å². The molecule has 1 amide bonds. The molecule has 2 saturated heterocycles. The Morgan fingerprint density at radius 3 is 3.07 bits per heavy atom. The second-order valence-electron chi connectivity index (χ2n) is 3.96. The van der Waals surface area contributed by atoms with Crippen molar-refractivity contribution in [2.24, 2.45) is 0 Å². The molecule has 2 rings (SSSR count). The summed E-state index contributed by atoms with van der Waals surface area (Å²) in [5.41, 5.74) is -0.682. The third kappa shape index (κ3) is 1.19. The van der Waals surface area contributed by atoms with E-state index in [9.17, 15) is 9.59 Å². The third-order valence-electron chi connectivity index (χ3n) is 2.96. The van der Waals surface area contributed by atoms with E-state index in [4.69, 9.17) is 9.84 Å². The Morgan fingerprint density at radius 2 is 2.43 bits per heavy atom. The van der Waals surface area contributed by atoms with Crippen molar-refractivity contribution >= 4 is 11.9 Å². The quantitative estimate of drug-likeness (QED) is 0.655. The molecule has 14 heavy (non-hydrogen) atoms. The van der Waals surface area contributed by atoms with Crippen molar-refractivity contribution in [1.29, 1.82) is 0 Å². The van der Waals surface area contributed by atoms with Gasteiger partial charge < -0.3 is 9.84 Å². The minimum absolute atomic E-state index is 0.108. The predicted molar refractivity (Wildman–Crippen MR) is 46.5 cm³/mol. The number of hydrogen-bond acceptors (Lipinski definition) is 3. The number of carboxylic acid groups (broad SMARTS) is 1. The maximum Gasteiger partial charge on any atom is 0.328 e. The number of nitrogens with zero attached hydrogens (tertiary/aromatic N) is 1. The number of carbonyl (C=O) groups excluding carboxylic acids is 1. The average molecular weight is 199 g/mol. The predicted octanol–water partition coefficient (Wildman–Crippen LogP) is 0.199. The molecule has 2 aliphatic rings. The number of hydrogen-bond donors (Lipinski definition) is 1. The van der Waals surface area contributed by atoms with Crippen molar-refractivity contribution in [1.82, 2.24) is 4.90 Å².